The number of hydrogen-bond donors (Lipinski definition) is 2. The maximum atomic E-state index is 12.7. The minimum Gasteiger partial charge on any atom is -0.508 e. The molecule has 1 aliphatic heterocycles. The summed E-state index contributed by atoms with van der Waals surface area (Å²) in [5.74, 6) is 0.551. The molecule has 1 aromatic heterocycles. The standard InChI is InChI=1S/C16H19N3O3/c1-11-17-4-6-18(11)10-13-3-2-5-19(13)16(22)12-7-14(20)9-15(21)8-12/h4,6-9,13,20-21H,2-3,5,10H2,1H3. The van der Waals surface area contributed by atoms with Gasteiger partial charge in [-0.1, -0.05) is 0 Å². The predicted molar refractivity (Wildman–Crippen MR) is 80.8 cm³/mol. The number of benzene rings is 1. The van der Waals surface area contributed by atoms with Gasteiger partial charge in [-0.05, 0) is 31.9 Å². The topological polar surface area (TPSA) is 78.6 Å². The van der Waals surface area contributed by atoms with Gasteiger partial charge in [0.25, 0.3) is 5.91 Å². The zero-order valence-electron chi connectivity index (χ0n) is 12.4. The molecule has 1 unspecified atom stereocenters. The Hall–Kier alpha value is -2.50. The summed E-state index contributed by atoms with van der Waals surface area (Å²) in [7, 11) is 0. The molecule has 3 rings (SSSR count). The van der Waals surface area contributed by atoms with Crippen LogP contribution < -0.4 is 0 Å². The summed E-state index contributed by atoms with van der Waals surface area (Å²) in [4.78, 5) is 18.7. The van der Waals surface area contributed by atoms with Crippen LogP contribution in [0.4, 0.5) is 0 Å². The number of aromatic nitrogens is 2. The molecule has 1 aliphatic rings. The van der Waals surface area contributed by atoms with Crippen LogP contribution in [0.1, 0.15) is 29.0 Å². The van der Waals surface area contributed by atoms with E-state index in [1.807, 2.05) is 22.6 Å². The minimum atomic E-state index is -0.161. The largest absolute Gasteiger partial charge is 0.508 e. The molecule has 0 radical (unpaired) electrons. The van der Waals surface area contributed by atoms with Crippen LogP contribution in [-0.4, -0.2) is 43.2 Å². The van der Waals surface area contributed by atoms with Gasteiger partial charge in [-0.3, -0.25) is 4.79 Å². The first kappa shape index (κ1) is 14.4. The van der Waals surface area contributed by atoms with Crippen molar-refractivity contribution in [2.24, 2.45) is 0 Å². The Kier molecular flexibility index (Phi) is 3.75. The molecule has 2 aromatic rings. The molecular weight excluding hydrogens is 282 g/mol. The number of aryl methyl sites for hydroxylation is 1. The van der Waals surface area contributed by atoms with E-state index in [9.17, 15) is 15.0 Å². The van der Waals surface area contributed by atoms with E-state index >= 15 is 0 Å². The number of likely N-dealkylation sites (tertiary alicyclic amines) is 1. The molecule has 22 heavy (non-hydrogen) atoms. The molecule has 6 heteroatoms. The summed E-state index contributed by atoms with van der Waals surface area (Å²) in [6.07, 6.45) is 5.56. The number of rotatable bonds is 3. The van der Waals surface area contributed by atoms with Crippen LogP contribution in [0.15, 0.2) is 30.6 Å². The van der Waals surface area contributed by atoms with Crippen LogP contribution in [0.2, 0.25) is 0 Å². The van der Waals surface area contributed by atoms with Crippen LogP contribution in [0.5, 0.6) is 11.5 Å². The van der Waals surface area contributed by atoms with Crippen LogP contribution in [0.25, 0.3) is 0 Å². The second-order valence-corrected chi connectivity index (χ2v) is 5.66. The fraction of sp³-hybridized carbons (Fsp3) is 0.375. The van der Waals surface area contributed by atoms with E-state index in [1.165, 1.54) is 18.2 Å². The molecular formula is C16H19N3O3. The third kappa shape index (κ3) is 2.77. The van der Waals surface area contributed by atoms with E-state index in [-0.39, 0.29) is 23.4 Å². The lowest BCUT2D eigenvalue weighted by atomic mass is 10.1. The monoisotopic (exact) mass is 301 g/mol. The predicted octanol–water partition coefficient (Wildman–Crippen LogP) is 1.91. The normalized spacial score (nSPS) is 17.9. The number of amides is 1. The molecule has 1 fully saturated rings. The highest BCUT2D eigenvalue weighted by atomic mass is 16.3. The molecule has 0 aliphatic carbocycles. The summed E-state index contributed by atoms with van der Waals surface area (Å²) in [6.45, 7) is 3.34. The molecule has 2 heterocycles. The SMILES string of the molecule is Cc1nccn1CC1CCCN1C(=O)c1cc(O)cc(O)c1. The molecule has 116 valence electrons. The molecule has 0 spiro atoms. The number of phenols is 2. The van der Waals surface area contributed by atoms with Crippen molar-refractivity contribution in [2.75, 3.05) is 6.54 Å². The maximum absolute atomic E-state index is 12.7. The first-order valence-corrected chi connectivity index (χ1v) is 7.36. The van der Waals surface area contributed by atoms with Crippen molar-refractivity contribution in [1.29, 1.82) is 0 Å². The van der Waals surface area contributed by atoms with E-state index < -0.39 is 0 Å². The fourth-order valence-electron chi connectivity index (χ4n) is 3.00. The lowest BCUT2D eigenvalue weighted by molar-refractivity contribution is 0.0723. The summed E-state index contributed by atoms with van der Waals surface area (Å²) in [5.41, 5.74) is 0.312. The molecule has 1 amide bonds. The molecule has 1 aromatic carbocycles. The van der Waals surface area contributed by atoms with Gasteiger partial charge in [-0.25, -0.2) is 4.98 Å². The lowest BCUT2D eigenvalue weighted by Crippen LogP contribution is -2.38. The summed E-state index contributed by atoms with van der Waals surface area (Å²) in [6, 6.07) is 4.09. The van der Waals surface area contributed by atoms with Gasteiger partial charge >= 0.3 is 0 Å². The number of hydrogen-bond acceptors (Lipinski definition) is 4. The van der Waals surface area contributed by atoms with Crippen molar-refractivity contribution in [3.63, 3.8) is 0 Å². The molecule has 1 atom stereocenters. The van der Waals surface area contributed by atoms with Crippen LogP contribution >= 0.6 is 0 Å². The van der Waals surface area contributed by atoms with E-state index in [0.717, 1.165) is 18.7 Å². The Labute approximate surface area is 128 Å². The Bertz CT molecular complexity index is 675. The van der Waals surface area contributed by atoms with Crippen molar-refractivity contribution in [1.82, 2.24) is 14.5 Å². The van der Waals surface area contributed by atoms with Crippen LogP contribution in [0.3, 0.4) is 0 Å². The number of carbonyl (C=O) groups is 1. The second-order valence-electron chi connectivity index (χ2n) is 5.66. The summed E-state index contributed by atoms with van der Waals surface area (Å²) < 4.78 is 2.04. The number of aromatic hydroxyl groups is 2. The third-order valence-electron chi connectivity index (χ3n) is 4.12. The molecule has 2 N–H and O–H groups in total. The van der Waals surface area contributed by atoms with Gasteiger partial charge in [0.2, 0.25) is 0 Å². The maximum Gasteiger partial charge on any atom is 0.254 e. The van der Waals surface area contributed by atoms with E-state index in [4.69, 9.17) is 0 Å². The number of carbonyl (C=O) groups excluding carboxylic acids is 1. The first-order valence-electron chi connectivity index (χ1n) is 7.36. The fourth-order valence-corrected chi connectivity index (χ4v) is 3.00. The first-order chi connectivity index (χ1) is 10.5. The molecule has 1 saturated heterocycles. The highest BCUT2D eigenvalue weighted by Gasteiger charge is 2.30. The van der Waals surface area contributed by atoms with Gasteiger partial charge in [-0.2, -0.15) is 0 Å². The van der Waals surface area contributed by atoms with Gasteiger partial charge in [0.1, 0.15) is 17.3 Å². The highest BCUT2D eigenvalue weighted by molar-refractivity contribution is 5.95. The van der Waals surface area contributed by atoms with Crippen LogP contribution in [0, 0.1) is 6.92 Å². The summed E-state index contributed by atoms with van der Waals surface area (Å²) in [5, 5.41) is 19.1. The van der Waals surface area contributed by atoms with Gasteiger partial charge in [0.15, 0.2) is 0 Å². The van der Waals surface area contributed by atoms with E-state index in [2.05, 4.69) is 4.98 Å². The number of phenolic OH excluding ortho intramolecular Hbond substituents is 2. The number of imidazole rings is 1. The highest BCUT2D eigenvalue weighted by Crippen LogP contribution is 2.26. The average Bonchev–Trinajstić information content (AvgIpc) is 3.07. The summed E-state index contributed by atoms with van der Waals surface area (Å²) >= 11 is 0. The Morgan fingerprint density at radius 2 is 2.05 bits per heavy atom. The second kappa shape index (κ2) is 5.71. The van der Waals surface area contributed by atoms with Gasteiger partial charge in [0.05, 0.1) is 6.04 Å². The zero-order chi connectivity index (χ0) is 15.7. The van der Waals surface area contributed by atoms with Gasteiger partial charge in [-0.15, -0.1) is 0 Å². The van der Waals surface area contributed by atoms with Crippen molar-refractivity contribution >= 4 is 5.91 Å². The average molecular weight is 301 g/mol. The van der Waals surface area contributed by atoms with Gasteiger partial charge in [0, 0.05) is 37.1 Å². The zero-order valence-corrected chi connectivity index (χ0v) is 12.4. The lowest BCUT2D eigenvalue weighted by Gasteiger charge is -2.25. The quantitative estimate of drug-likeness (QED) is 0.907. The van der Waals surface area contributed by atoms with Crippen molar-refractivity contribution in [2.45, 2.75) is 32.4 Å². The Balaban J connectivity index is 1.80. The van der Waals surface area contributed by atoms with Crippen molar-refractivity contribution in [3.8, 4) is 11.5 Å². The minimum absolute atomic E-state index is 0.102. The Morgan fingerprint density at radius 3 is 2.68 bits per heavy atom. The van der Waals surface area contributed by atoms with Gasteiger partial charge < -0.3 is 19.7 Å². The van der Waals surface area contributed by atoms with Crippen molar-refractivity contribution in [3.05, 3.63) is 42.0 Å². The number of nitrogens with zero attached hydrogens (tertiary/aromatic N) is 3. The molecule has 0 bridgehead atoms. The van der Waals surface area contributed by atoms with E-state index in [0.29, 0.717) is 18.7 Å². The van der Waals surface area contributed by atoms with E-state index in [1.54, 1.807) is 6.20 Å². The Morgan fingerprint density at radius 1 is 1.32 bits per heavy atom. The molecule has 0 saturated carbocycles. The van der Waals surface area contributed by atoms with Crippen LogP contribution in [-0.2, 0) is 6.54 Å². The third-order valence-corrected chi connectivity index (χ3v) is 4.12. The van der Waals surface area contributed by atoms with Crippen molar-refractivity contribution < 1.29 is 15.0 Å². The molecule has 6 nitrogen and oxygen atoms in total. The smallest absolute Gasteiger partial charge is 0.254 e.